The molecule has 2 fully saturated rings. The van der Waals surface area contributed by atoms with E-state index in [1.54, 1.807) is 11.3 Å². The Hall–Kier alpha value is -0.910. The molecular weight excluding hydrogens is 310 g/mol. The highest BCUT2D eigenvalue weighted by Gasteiger charge is 2.44. The van der Waals surface area contributed by atoms with Gasteiger partial charge in [0.25, 0.3) is 5.91 Å². The van der Waals surface area contributed by atoms with Crippen molar-refractivity contribution >= 4 is 17.2 Å². The Kier molecular flexibility index (Phi) is 4.20. The summed E-state index contributed by atoms with van der Waals surface area (Å²) >= 11 is 1.69. The van der Waals surface area contributed by atoms with Crippen LogP contribution in [-0.2, 0) is 17.6 Å². The molecule has 4 nitrogen and oxygen atoms in total. The molecule has 4 rings (SSSR count). The Balaban J connectivity index is 1.43. The van der Waals surface area contributed by atoms with E-state index in [1.165, 1.54) is 23.3 Å². The normalized spacial score (nSPS) is 27.0. The van der Waals surface area contributed by atoms with Crippen LogP contribution in [0.1, 0.15) is 58.6 Å². The Morgan fingerprint density at radius 3 is 2.78 bits per heavy atom. The zero-order chi connectivity index (χ0) is 15.9. The molecule has 1 amide bonds. The largest absolute Gasteiger partial charge is 0.390 e. The third-order valence-electron chi connectivity index (χ3n) is 5.72. The summed E-state index contributed by atoms with van der Waals surface area (Å²) in [6, 6.07) is 2.12. The van der Waals surface area contributed by atoms with Gasteiger partial charge >= 0.3 is 0 Å². The van der Waals surface area contributed by atoms with E-state index in [2.05, 4.69) is 6.07 Å². The van der Waals surface area contributed by atoms with Crippen LogP contribution in [0.25, 0.3) is 0 Å². The SMILES string of the molecule is O=C(c1cc2c(s1)CCCC2)N1CCC2(CC1)OCCC[C@@H]2O. The molecule has 1 aromatic heterocycles. The van der Waals surface area contributed by atoms with Crippen LogP contribution in [0.15, 0.2) is 6.07 Å². The number of ether oxygens (including phenoxy) is 1. The number of amides is 1. The number of aliphatic hydroxyl groups is 1. The zero-order valence-electron chi connectivity index (χ0n) is 13.6. The maximum Gasteiger partial charge on any atom is 0.263 e. The molecule has 0 radical (unpaired) electrons. The van der Waals surface area contributed by atoms with Gasteiger partial charge in [-0.15, -0.1) is 11.3 Å². The molecule has 0 saturated carbocycles. The molecule has 1 atom stereocenters. The van der Waals surface area contributed by atoms with Gasteiger partial charge in [0.1, 0.15) is 0 Å². The summed E-state index contributed by atoms with van der Waals surface area (Å²) in [5.74, 6) is 0.171. The van der Waals surface area contributed by atoms with E-state index in [4.69, 9.17) is 4.74 Å². The lowest BCUT2D eigenvalue weighted by Gasteiger charge is -2.46. The quantitative estimate of drug-likeness (QED) is 0.858. The number of nitrogens with zero attached hydrogens (tertiary/aromatic N) is 1. The van der Waals surface area contributed by atoms with E-state index in [0.717, 1.165) is 50.0 Å². The summed E-state index contributed by atoms with van der Waals surface area (Å²) in [6.07, 6.45) is 7.66. The fourth-order valence-electron chi connectivity index (χ4n) is 4.23. The third-order valence-corrected chi connectivity index (χ3v) is 6.95. The Labute approximate surface area is 141 Å². The number of hydrogen-bond donors (Lipinski definition) is 1. The van der Waals surface area contributed by atoms with E-state index in [9.17, 15) is 9.90 Å². The molecule has 23 heavy (non-hydrogen) atoms. The Morgan fingerprint density at radius 2 is 2.04 bits per heavy atom. The molecular formula is C18H25NO3S. The number of fused-ring (bicyclic) bond motifs is 1. The molecule has 0 unspecified atom stereocenters. The molecule has 1 aliphatic carbocycles. The lowest BCUT2D eigenvalue weighted by Crippen LogP contribution is -2.56. The van der Waals surface area contributed by atoms with Gasteiger partial charge in [0.15, 0.2) is 0 Å². The van der Waals surface area contributed by atoms with E-state index >= 15 is 0 Å². The standard InChI is InChI=1S/C18H25NO3S/c20-16-6-3-11-22-18(16)7-9-19(10-8-18)17(21)15-12-13-4-1-2-5-14(13)23-15/h12,16,20H,1-11H2/t16-/m0/s1. The summed E-state index contributed by atoms with van der Waals surface area (Å²) in [5, 5.41) is 10.3. The van der Waals surface area contributed by atoms with Crippen LogP contribution in [0.3, 0.4) is 0 Å². The molecule has 3 aliphatic rings. The van der Waals surface area contributed by atoms with Gasteiger partial charge in [-0.25, -0.2) is 0 Å². The van der Waals surface area contributed by atoms with Gasteiger partial charge in [-0.1, -0.05) is 0 Å². The van der Waals surface area contributed by atoms with Gasteiger partial charge in [-0.2, -0.15) is 0 Å². The molecule has 2 saturated heterocycles. The summed E-state index contributed by atoms with van der Waals surface area (Å²) < 4.78 is 5.93. The van der Waals surface area contributed by atoms with Gasteiger partial charge < -0.3 is 14.7 Å². The van der Waals surface area contributed by atoms with Crippen molar-refractivity contribution in [1.29, 1.82) is 0 Å². The topological polar surface area (TPSA) is 49.8 Å². The van der Waals surface area contributed by atoms with E-state index in [-0.39, 0.29) is 12.0 Å². The van der Waals surface area contributed by atoms with Crippen molar-refractivity contribution in [2.75, 3.05) is 19.7 Å². The van der Waals surface area contributed by atoms with E-state index in [1.807, 2.05) is 4.90 Å². The predicted molar refractivity (Wildman–Crippen MR) is 90.0 cm³/mol. The maximum atomic E-state index is 12.8. The van der Waals surface area contributed by atoms with Crippen molar-refractivity contribution in [3.05, 3.63) is 21.4 Å². The third kappa shape index (κ3) is 2.83. The number of aliphatic hydroxyl groups excluding tert-OH is 1. The molecule has 5 heteroatoms. The summed E-state index contributed by atoms with van der Waals surface area (Å²) in [7, 11) is 0. The minimum Gasteiger partial charge on any atom is -0.390 e. The molecule has 1 aromatic rings. The highest BCUT2D eigenvalue weighted by molar-refractivity contribution is 7.14. The lowest BCUT2D eigenvalue weighted by atomic mass is 9.82. The fourth-order valence-corrected chi connectivity index (χ4v) is 5.45. The molecule has 1 spiro atoms. The molecule has 2 aliphatic heterocycles. The molecule has 0 aromatic carbocycles. The van der Waals surface area contributed by atoms with Crippen molar-refractivity contribution in [1.82, 2.24) is 4.90 Å². The van der Waals surface area contributed by atoms with Crippen molar-refractivity contribution in [3.8, 4) is 0 Å². The van der Waals surface area contributed by atoms with Gasteiger partial charge in [0.2, 0.25) is 0 Å². The second-order valence-electron chi connectivity index (χ2n) is 7.13. The van der Waals surface area contributed by atoms with Gasteiger partial charge in [-0.3, -0.25) is 4.79 Å². The number of carbonyl (C=O) groups excluding carboxylic acids is 1. The first kappa shape index (κ1) is 15.6. The number of aryl methyl sites for hydroxylation is 2. The highest BCUT2D eigenvalue weighted by atomic mass is 32.1. The van der Waals surface area contributed by atoms with Crippen LogP contribution >= 0.6 is 11.3 Å². The van der Waals surface area contributed by atoms with E-state index in [0.29, 0.717) is 13.1 Å². The zero-order valence-corrected chi connectivity index (χ0v) is 14.4. The first-order chi connectivity index (χ1) is 11.2. The first-order valence-corrected chi connectivity index (χ1v) is 9.72. The number of likely N-dealkylation sites (tertiary alicyclic amines) is 1. The van der Waals surface area contributed by atoms with Crippen molar-refractivity contribution in [3.63, 3.8) is 0 Å². The number of piperidine rings is 1. The second kappa shape index (κ2) is 6.19. The monoisotopic (exact) mass is 335 g/mol. The number of hydrogen-bond acceptors (Lipinski definition) is 4. The summed E-state index contributed by atoms with van der Waals surface area (Å²) in [4.78, 5) is 17.1. The van der Waals surface area contributed by atoms with Gasteiger partial charge in [-0.05, 0) is 63.0 Å². The van der Waals surface area contributed by atoms with Crippen LogP contribution in [0, 0.1) is 0 Å². The van der Waals surface area contributed by atoms with Crippen LogP contribution < -0.4 is 0 Å². The summed E-state index contributed by atoms with van der Waals surface area (Å²) in [5.41, 5.74) is 0.994. The minimum absolute atomic E-state index is 0.171. The van der Waals surface area contributed by atoms with Gasteiger partial charge in [0.05, 0.1) is 16.6 Å². The second-order valence-corrected chi connectivity index (χ2v) is 8.27. The average molecular weight is 335 g/mol. The van der Waals surface area contributed by atoms with E-state index < -0.39 is 5.60 Å². The van der Waals surface area contributed by atoms with Crippen molar-refractivity contribution in [2.24, 2.45) is 0 Å². The van der Waals surface area contributed by atoms with Crippen molar-refractivity contribution in [2.45, 2.75) is 63.1 Å². The molecule has 0 bridgehead atoms. The maximum absolute atomic E-state index is 12.8. The first-order valence-electron chi connectivity index (χ1n) is 8.91. The van der Waals surface area contributed by atoms with Crippen molar-refractivity contribution < 1.29 is 14.6 Å². The summed E-state index contributed by atoms with van der Waals surface area (Å²) in [6.45, 7) is 2.12. The van der Waals surface area contributed by atoms with Crippen LogP contribution in [0.5, 0.6) is 0 Å². The number of thiophene rings is 1. The lowest BCUT2D eigenvalue weighted by molar-refractivity contribution is -0.174. The van der Waals surface area contributed by atoms with Crippen LogP contribution in [0.2, 0.25) is 0 Å². The average Bonchev–Trinajstić information content (AvgIpc) is 3.02. The van der Waals surface area contributed by atoms with Crippen LogP contribution in [0.4, 0.5) is 0 Å². The van der Waals surface area contributed by atoms with Crippen LogP contribution in [-0.4, -0.2) is 47.3 Å². The highest BCUT2D eigenvalue weighted by Crippen LogP contribution is 2.36. The Bertz CT molecular complexity index is 566. The molecule has 126 valence electrons. The molecule has 1 N–H and O–H groups in total. The number of rotatable bonds is 1. The van der Waals surface area contributed by atoms with Gasteiger partial charge in [0, 0.05) is 24.6 Å². The smallest absolute Gasteiger partial charge is 0.263 e. The predicted octanol–water partition coefficient (Wildman–Crippen LogP) is 2.77. The fraction of sp³-hybridized carbons (Fsp3) is 0.722. The Morgan fingerprint density at radius 1 is 1.26 bits per heavy atom. The number of carbonyl (C=O) groups is 1. The minimum atomic E-state index is -0.399. The molecule has 3 heterocycles.